The Hall–Kier alpha value is -6.57. The molecule has 0 fully saturated rings. The van der Waals surface area contributed by atoms with Crippen molar-refractivity contribution in [3.63, 3.8) is 0 Å². The maximum atomic E-state index is 6.33. The van der Waals surface area contributed by atoms with Crippen molar-refractivity contribution in [2.45, 2.75) is 0 Å². The van der Waals surface area contributed by atoms with E-state index in [1.54, 1.807) is 0 Å². The first-order chi connectivity index (χ1) is 23.3. The van der Waals surface area contributed by atoms with Crippen molar-refractivity contribution in [1.29, 1.82) is 0 Å². The molecule has 47 heavy (non-hydrogen) atoms. The molecule has 0 radical (unpaired) electrons. The molecular formula is C43H25N3O. The first-order valence-corrected chi connectivity index (χ1v) is 15.5. The maximum absolute atomic E-state index is 6.33. The van der Waals surface area contributed by atoms with Crippen LogP contribution in [0.3, 0.4) is 0 Å². The lowest BCUT2D eigenvalue weighted by Crippen LogP contribution is -2.00. The molecule has 0 spiro atoms. The Morgan fingerprint density at radius 2 is 1.00 bits per heavy atom. The van der Waals surface area contributed by atoms with E-state index in [9.17, 15) is 0 Å². The number of hydrogen-bond acceptors (Lipinski definition) is 4. The Morgan fingerprint density at radius 3 is 1.70 bits per heavy atom. The molecular weight excluding hydrogens is 574 g/mol. The maximum Gasteiger partial charge on any atom is 0.164 e. The summed E-state index contributed by atoms with van der Waals surface area (Å²) >= 11 is 0. The van der Waals surface area contributed by atoms with E-state index in [2.05, 4.69) is 127 Å². The average Bonchev–Trinajstić information content (AvgIpc) is 3.54. The van der Waals surface area contributed by atoms with Crippen LogP contribution in [0.15, 0.2) is 156 Å². The van der Waals surface area contributed by atoms with Gasteiger partial charge in [-0.1, -0.05) is 127 Å². The molecule has 9 rings (SSSR count). The normalized spacial score (nSPS) is 11.2. The smallest absolute Gasteiger partial charge is 0.164 e. The van der Waals surface area contributed by atoms with Gasteiger partial charge in [0, 0.05) is 27.5 Å². The molecule has 2 aromatic heterocycles. The van der Waals surface area contributed by atoms with Gasteiger partial charge in [-0.15, -0.1) is 0 Å². The van der Waals surface area contributed by atoms with E-state index < -0.39 is 0 Å². The van der Waals surface area contributed by atoms with Gasteiger partial charge in [-0.25, -0.2) is 15.0 Å². The number of benzene rings is 6. The van der Waals surface area contributed by atoms with Crippen LogP contribution in [0.2, 0.25) is 0 Å². The van der Waals surface area contributed by atoms with Crippen LogP contribution in [0, 0.1) is 12.1 Å². The van der Waals surface area contributed by atoms with Gasteiger partial charge >= 0.3 is 0 Å². The fraction of sp³-hybridized carbons (Fsp3) is 0. The van der Waals surface area contributed by atoms with Gasteiger partial charge in [-0.3, -0.25) is 0 Å². The molecule has 0 aliphatic rings. The standard InChI is InChI=1S/C43H25N3O/c1-3-9-28(10-4-1)29-15-19-33(20-16-29)42-44-41(32-12-5-2-6-13-32)45-43(46-42)34-21-17-30(18-22-34)35-23-25-37-39(27-35)47-38-26-24-31-11-7-8-14-36(31)40(37)38/h1,3-5,7-27H. The van der Waals surface area contributed by atoms with E-state index in [1.807, 2.05) is 36.4 Å². The van der Waals surface area contributed by atoms with Gasteiger partial charge < -0.3 is 4.42 Å². The highest BCUT2D eigenvalue weighted by atomic mass is 16.3. The van der Waals surface area contributed by atoms with Crippen LogP contribution in [0.1, 0.15) is 0 Å². The molecule has 0 N–H and O–H groups in total. The van der Waals surface area contributed by atoms with Gasteiger partial charge in [0.05, 0.1) is 0 Å². The van der Waals surface area contributed by atoms with Gasteiger partial charge in [0.15, 0.2) is 17.5 Å². The van der Waals surface area contributed by atoms with E-state index in [-0.39, 0.29) is 0 Å². The summed E-state index contributed by atoms with van der Waals surface area (Å²) in [4.78, 5) is 14.7. The second-order valence-corrected chi connectivity index (χ2v) is 11.5. The molecule has 9 aromatic rings. The predicted molar refractivity (Wildman–Crippen MR) is 189 cm³/mol. The van der Waals surface area contributed by atoms with Crippen molar-refractivity contribution < 1.29 is 4.42 Å². The number of aromatic nitrogens is 3. The third-order valence-corrected chi connectivity index (χ3v) is 8.64. The lowest BCUT2D eigenvalue weighted by molar-refractivity contribution is 0.669. The molecule has 0 amide bonds. The van der Waals surface area contributed by atoms with Crippen molar-refractivity contribution >= 4 is 32.7 Å². The van der Waals surface area contributed by atoms with Crippen LogP contribution in [0.4, 0.5) is 0 Å². The molecule has 0 aliphatic carbocycles. The Morgan fingerprint density at radius 1 is 0.404 bits per heavy atom. The molecule has 0 unspecified atom stereocenters. The number of nitrogens with zero attached hydrogens (tertiary/aromatic N) is 3. The zero-order valence-corrected chi connectivity index (χ0v) is 25.2. The second kappa shape index (κ2) is 11.1. The monoisotopic (exact) mass is 599 g/mol. The highest BCUT2D eigenvalue weighted by Crippen LogP contribution is 2.37. The van der Waals surface area contributed by atoms with Gasteiger partial charge in [-0.2, -0.15) is 0 Å². The molecule has 7 aromatic carbocycles. The first-order valence-electron chi connectivity index (χ1n) is 15.5. The fourth-order valence-corrected chi connectivity index (χ4v) is 6.23. The largest absolute Gasteiger partial charge is 0.456 e. The number of fused-ring (bicyclic) bond motifs is 5. The summed E-state index contributed by atoms with van der Waals surface area (Å²) in [7, 11) is 0. The van der Waals surface area contributed by atoms with E-state index >= 15 is 0 Å². The van der Waals surface area contributed by atoms with Crippen molar-refractivity contribution in [2.75, 3.05) is 0 Å². The average molecular weight is 600 g/mol. The Bertz CT molecular complexity index is 2540. The van der Waals surface area contributed by atoms with E-state index in [0.717, 1.165) is 55.3 Å². The molecule has 218 valence electrons. The molecule has 2 heterocycles. The fourth-order valence-electron chi connectivity index (χ4n) is 6.23. The molecule has 0 saturated carbocycles. The predicted octanol–water partition coefficient (Wildman–Crippen LogP) is 10.9. The Balaban J connectivity index is 1.09. The minimum atomic E-state index is 0.592. The minimum Gasteiger partial charge on any atom is -0.456 e. The van der Waals surface area contributed by atoms with Crippen molar-refractivity contribution in [2.24, 2.45) is 0 Å². The van der Waals surface area contributed by atoms with Crippen LogP contribution in [-0.2, 0) is 0 Å². The molecule has 4 heteroatoms. The molecule has 4 nitrogen and oxygen atoms in total. The zero-order chi connectivity index (χ0) is 31.2. The highest BCUT2D eigenvalue weighted by molar-refractivity contribution is 6.19. The summed E-state index contributed by atoms with van der Waals surface area (Å²) < 4.78 is 6.33. The summed E-state index contributed by atoms with van der Waals surface area (Å²) in [5.74, 6) is 1.81. The Labute approximate surface area is 271 Å². The van der Waals surface area contributed by atoms with Gasteiger partial charge in [-0.05, 0) is 69.4 Å². The van der Waals surface area contributed by atoms with E-state index in [4.69, 9.17) is 19.4 Å². The van der Waals surface area contributed by atoms with Crippen LogP contribution in [0.25, 0.3) is 89.1 Å². The van der Waals surface area contributed by atoms with Crippen molar-refractivity contribution in [3.8, 4) is 56.4 Å². The lowest BCUT2D eigenvalue weighted by Gasteiger charge is -2.09. The number of rotatable bonds is 5. The van der Waals surface area contributed by atoms with Gasteiger partial charge in [0.1, 0.15) is 11.2 Å². The zero-order valence-electron chi connectivity index (χ0n) is 25.2. The molecule has 0 aliphatic heterocycles. The van der Waals surface area contributed by atoms with E-state index in [1.165, 1.54) is 16.3 Å². The van der Waals surface area contributed by atoms with Crippen LogP contribution < -0.4 is 0 Å². The quantitative estimate of drug-likeness (QED) is 0.197. The highest BCUT2D eigenvalue weighted by Gasteiger charge is 2.14. The number of furan rings is 1. The van der Waals surface area contributed by atoms with Gasteiger partial charge in [0.25, 0.3) is 0 Å². The summed E-state index contributed by atoms with van der Waals surface area (Å²) in [6.07, 6.45) is 0. The van der Waals surface area contributed by atoms with E-state index in [0.29, 0.717) is 17.5 Å². The number of hydrogen-bond donors (Lipinski definition) is 0. The first kappa shape index (κ1) is 26.8. The molecule has 0 atom stereocenters. The minimum absolute atomic E-state index is 0.592. The van der Waals surface area contributed by atoms with Crippen LogP contribution in [-0.4, -0.2) is 15.0 Å². The van der Waals surface area contributed by atoms with Crippen molar-refractivity contribution in [1.82, 2.24) is 15.0 Å². The van der Waals surface area contributed by atoms with Crippen LogP contribution >= 0.6 is 0 Å². The topological polar surface area (TPSA) is 51.8 Å². The van der Waals surface area contributed by atoms with Crippen LogP contribution in [0.5, 0.6) is 0 Å². The summed E-state index contributed by atoms with van der Waals surface area (Å²) in [6, 6.07) is 57.7. The third-order valence-electron chi connectivity index (χ3n) is 8.64. The summed E-state index contributed by atoms with van der Waals surface area (Å²) in [6.45, 7) is 0. The second-order valence-electron chi connectivity index (χ2n) is 11.5. The Kier molecular flexibility index (Phi) is 6.33. The van der Waals surface area contributed by atoms with Crippen molar-refractivity contribution in [3.05, 3.63) is 164 Å². The SMILES string of the molecule is c1ccc(-c2nc(-c3ccc(-c4ccccc4)cc3)nc(-c3ccc(-c4ccc5c(c4)oc4ccc6ccccc6c45)cc3)n2)cc#1. The summed E-state index contributed by atoms with van der Waals surface area (Å²) in [5, 5.41) is 4.69. The molecule has 0 bridgehead atoms. The lowest BCUT2D eigenvalue weighted by atomic mass is 10.00. The molecule has 0 saturated heterocycles. The summed E-state index contributed by atoms with van der Waals surface area (Å²) in [5.41, 5.74) is 8.93. The third kappa shape index (κ3) is 4.88. The van der Waals surface area contributed by atoms with Gasteiger partial charge in [0.2, 0.25) is 0 Å².